The van der Waals surface area contributed by atoms with Crippen molar-refractivity contribution in [1.29, 1.82) is 0 Å². The van der Waals surface area contributed by atoms with Gasteiger partial charge in [0.2, 0.25) is 0 Å². The van der Waals surface area contributed by atoms with Crippen molar-refractivity contribution in [3.8, 4) is 0 Å². The van der Waals surface area contributed by atoms with Crippen LogP contribution in [-0.4, -0.2) is 18.5 Å². The average molecular weight is 298 g/mol. The quantitative estimate of drug-likeness (QED) is 0.671. The van der Waals surface area contributed by atoms with Crippen molar-refractivity contribution in [3.63, 3.8) is 0 Å². The van der Waals surface area contributed by atoms with E-state index in [9.17, 15) is 9.59 Å². The van der Waals surface area contributed by atoms with Crippen molar-refractivity contribution in [2.24, 2.45) is 0 Å². The predicted octanol–water partition coefficient (Wildman–Crippen LogP) is 2.68. The lowest BCUT2D eigenvalue weighted by atomic mass is 10.1. The molecule has 0 aromatic heterocycles. The van der Waals surface area contributed by atoms with E-state index in [1.807, 2.05) is 32.0 Å². The standard InChI is InChI=1S/C17H18N2O3/c1-11-6-7-15(12(2)8-11)19-16(20)10-22-17(21)13-4-3-5-14(18)9-13/h3-9H,10,18H2,1-2H3,(H,19,20). The van der Waals surface area contributed by atoms with Gasteiger partial charge in [-0.2, -0.15) is 0 Å². The first-order valence-corrected chi connectivity index (χ1v) is 6.85. The largest absolute Gasteiger partial charge is 0.452 e. The summed E-state index contributed by atoms with van der Waals surface area (Å²) in [5.74, 6) is -0.965. The molecule has 0 fully saturated rings. The van der Waals surface area contributed by atoms with Gasteiger partial charge in [-0.05, 0) is 43.7 Å². The van der Waals surface area contributed by atoms with Crippen LogP contribution in [0.3, 0.4) is 0 Å². The molecule has 2 aromatic rings. The molecule has 0 aliphatic heterocycles. The van der Waals surface area contributed by atoms with Gasteiger partial charge in [0.1, 0.15) is 0 Å². The Morgan fingerprint density at radius 2 is 1.91 bits per heavy atom. The van der Waals surface area contributed by atoms with E-state index in [0.717, 1.165) is 11.1 Å². The van der Waals surface area contributed by atoms with E-state index in [0.29, 0.717) is 16.9 Å². The summed E-state index contributed by atoms with van der Waals surface area (Å²) in [6.45, 7) is 3.54. The third-order valence-electron chi connectivity index (χ3n) is 3.11. The number of amides is 1. The Balaban J connectivity index is 1.91. The number of carbonyl (C=O) groups excluding carboxylic acids is 2. The van der Waals surface area contributed by atoms with Crippen molar-refractivity contribution in [3.05, 3.63) is 59.2 Å². The summed E-state index contributed by atoms with van der Waals surface area (Å²) in [7, 11) is 0. The number of nitrogen functional groups attached to an aromatic ring is 1. The van der Waals surface area contributed by atoms with E-state index in [2.05, 4.69) is 5.32 Å². The number of hydrogen-bond acceptors (Lipinski definition) is 4. The van der Waals surface area contributed by atoms with Gasteiger partial charge in [-0.3, -0.25) is 4.79 Å². The number of hydrogen-bond donors (Lipinski definition) is 2. The van der Waals surface area contributed by atoms with Crippen LogP contribution in [0, 0.1) is 13.8 Å². The molecule has 0 spiro atoms. The van der Waals surface area contributed by atoms with E-state index in [1.165, 1.54) is 6.07 Å². The maximum Gasteiger partial charge on any atom is 0.338 e. The minimum Gasteiger partial charge on any atom is -0.452 e. The number of rotatable bonds is 4. The summed E-state index contributed by atoms with van der Waals surface area (Å²) in [4.78, 5) is 23.6. The van der Waals surface area contributed by atoms with Gasteiger partial charge in [0.25, 0.3) is 5.91 Å². The second-order valence-corrected chi connectivity index (χ2v) is 5.07. The van der Waals surface area contributed by atoms with Gasteiger partial charge in [0.05, 0.1) is 5.56 Å². The molecular formula is C17H18N2O3. The van der Waals surface area contributed by atoms with Gasteiger partial charge < -0.3 is 15.8 Å². The first kappa shape index (κ1) is 15.6. The van der Waals surface area contributed by atoms with Crippen LogP contribution in [0.4, 0.5) is 11.4 Å². The number of benzene rings is 2. The minimum atomic E-state index is -0.580. The van der Waals surface area contributed by atoms with Crippen molar-refractivity contribution in [2.45, 2.75) is 13.8 Å². The summed E-state index contributed by atoms with van der Waals surface area (Å²) in [6.07, 6.45) is 0. The fourth-order valence-corrected chi connectivity index (χ4v) is 2.02. The van der Waals surface area contributed by atoms with E-state index >= 15 is 0 Å². The van der Waals surface area contributed by atoms with E-state index in [-0.39, 0.29) is 12.5 Å². The fourth-order valence-electron chi connectivity index (χ4n) is 2.02. The number of aryl methyl sites for hydroxylation is 2. The highest BCUT2D eigenvalue weighted by molar-refractivity contribution is 5.96. The third-order valence-corrected chi connectivity index (χ3v) is 3.11. The van der Waals surface area contributed by atoms with Gasteiger partial charge in [-0.1, -0.05) is 23.8 Å². The maximum absolute atomic E-state index is 11.8. The van der Waals surface area contributed by atoms with Crippen molar-refractivity contribution < 1.29 is 14.3 Å². The lowest BCUT2D eigenvalue weighted by molar-refractivity contribution is -0.119. The first-order valence-electron chi connectivity index (χ1n) is 6.85. The molecule has 0 radical (unpaired) electrons. The van der Waals surface area contributed by atoms with Crippen LogP contribution in [0.15, 0.2) is 42.5 Å². The number of esters is 1. The molecule has 0 aliphatic carbocycles. The van der Waals surface area contributed by atoms with Gasteiger partial charge in [0, 0.05) is 11.4 Å². The number of nitrogens with one attached hydrogen (secondary N) is 1. The topological polar surface area (TPSA) is 81.4 Å². The van der Waals surface area contributed by atoms with Crippen LogP contribution in [0.5, 0.6) is 0 Å². The second kappa shape index (κ2) is 6.76. The van der Waals surface area contributed by atoms with E-state index in [4.69, 9.17) is 10.5 Å². The van der Waals surface area contributed by atoms with Crippen molar-refractivity contribution in [1.82, 2.24) is 0 Å². The number of nitrogens with two attached hydrogens (primary N) is 1. The smallest absolute Gasteiger partial charge is 0.338 e. The molecule has 3 N–H and O–H groups in total. The molecule has 0 saturated heterocycles. The molecule has 114 valence electrons. The average Bonchev–Trinajstić information content (AvgIpc) is 2.47. The molecule has 0 atom stereocenters. The molecule has 2 rings (SSSR count). The van der Waals surface area contributed by atoms with E-state index in [1.54, 1.807) is 18.2 Å². The van der Waals surface area contributed by atoms with Crippen molar-refractivity contribution >= 4 is 23.3 Å². The number of ether oxygens (including phenoxy) is 1. The van der Waals surface area contributed by atoms with Crippen LogP contribution in [-0.2, 0) is 9.53 Å². The van der Waals surface area contributed by atoms with Crippen LogP contribution in [0.1, 0.15) is 21.5 Å². The summed E-state index contributed by atoms with van der Waals surface area (Å²) in [6, 6.07) is 12.1. The highest BCUT2D eigenvalue weighted by atomic mass is 16.5. The van der Waals surface area contributed by atoms with E-state index < -0.39 is 5.97 Å². The molecule has 0 saturated carbocycles. The Morgan fingerprint density at radius 3 is 2.59 bits per heavy atom. The summed E-state index contributed by atoms with van der Waals surface area (Å²) >= 11 is 0. The summed E-state index contributed by atoms with van der Waals surface area (Å²) in [5.41, 5.74) is 9.15. The monoisotopic (exact) mass is 298 g/mol. The zero-order chi connectivity index (χ0) is 16.1. The summed E-state index contributed by atoms with van der Waals surface area (Å²) in [5, 5.41) is 2.71. The predicted molar refractivity (Wildman–Crippen MR) is 85.7 cm³/mol. The van der Waals surface area contributed by atoms with Crippen LogP contribution in [0.25, 0.3) is 0 Å². The second-order valence-electron chi connectivity index (χ2n) is 5.07. The molecule has 5 heteroatoms. The van der Waals surface area contributed by atoms with Crippen LogP contribution < -0.4 is 11.1 Å². The number of anilines is 2. The molecule has 1 amide bonds. The van der Waals surface area contributed by atoms with Gasteiger partial charge in [0.15, 0.2) is 6.61 Å². The zero-order valence-corrected chi connectivity index (χ0v) is 12.6. The molecule has 0 unspecified atom stereocenters. The summed E-state index contributed by atoms with van der Waals surface area (Å²) < 4.78 is 4.97. The van der Waals surface area contributed by atoms with Gasteiger partial charge >= 0.3 is 5.97 Å². The van der Waals surface area contributed by atoms with Crippen molar-refractivity contribution in [2.75, 3.05) is 17.7 Å². The normalized spacial score (nSPS) is 10.1. The Morgan fingerprint density at radius 1 is 1.14 bits per heavy atom. The van der Waals surface area contributed by atoms with Crippen LogP contribution in [0.2, 0.25) is 0 Å². The first-order chi connectivity index (χ1) is 10.5. The maximum atomic E-state index is 11.8. The fraction of sp³-hybridized carbons (Fsp3) is 0.176. The Labute approximate surface area is 129 Å². The molecule has 0 bridgehead atoms. The highest BCUT2D eigenvalue weighted by Crippen LogP contribution is 2.16. The lowest BCUT2D eigenvalue weighted by Gasteiger charge is -2.09. The SMILES string of the molecule is Cc1ccc(NC(=O)COC(=O)c2cccc(N)c2)c(C)c1. The Hall–Kier alpha value is -2.82. The Bertz CT molecular complexity index is 711. The number of carbonyl (C=O) groups is 2. The van der Waals surface area contributed by atoms with Gasteiger partial charge in [-0.15, -0.1) is 0 Å². The molecular weight excluding hydrogens is 280 g/mol. The zero-order valence-electron chi connectivity index (χ0n) is 12.6. The molecule has 2 aromatic carbocycles. The molecule has 22 heavy (non-hydrogen) atoms. The molecule has 0 heterocycles. The third kappa shape index (κ3) is 4.09. The van der Waals surface area contributed by atoms with Crippen LogP contribution >= 0.6 is 0 Å². The Kier molecular flexibility index (Phi) is 4.78. The lowest BCUT2D eigenvalue weighted by Crippen LogP contribution is -2.21. The van der Waals surface area contributed by atoms with Gasteiger partial charge in [-0.25, -0.2) is 4.79 Å². The minimum absolute atomic E-state index is 0.319. The highest BCUT2D eigenvalue weighted by Gasteiger charge is 2.11. The molecule has 0 aliphatic rings. The molecule has 5 nitrogen and oxygen atoms in total.